The Balaban J connectivity index is 3.16. The molecule has 1 aromatic heterocycles. The molecule has 0 bridgehead atoms. The number of aromatic carboxylic acids is 2. The van der Waals surface area contributed by atoms with E-state index in [0.717, 1.165) is 0 Å². The molecule has 0 atom stereocenters. The molecule has 5 N–H and O–H groups in total. The molecule has 13 heteroatoms. The third kappa shape index (κ3) is 3.29. The summed E-state index contributed by atoms with van der Waals surface area (Å²) in [6.07, 6.45) is -5.21. The fraction of sp³-hybridized carbons (Fsp3) is 0.0714. The van der Waals surface area contributed by atoms with Crippen LogP contribution in [0.25, 0.3) is 11.1 Å². The zero-order valence-electron chi connectivity index (χ0n) is 12.8. The highest BCUT2D eigenvalue weighted by Crippen LogP contribution is 2.43. The van der Waals surface area contributed by atoms with Crippen LogP contribution in [0.1, 0.15) is 26.3 Å². The molecule has 1 heterocycles. The molecule has 2 aromatic rings. The summed E-state index contributed by atoms with van der Waals surface area (Å²) in [7, 11) is 0. The molecule has 0 amide bonds. The van der Waals surface area contributed by atoms with Crippen LogP contribution >= 0.6 is 0 Å². The van der Waals surface area contributed by atoms with Crippen LogP contribution in [-0.2, 0) is 6.18 Å². The van der Waals surface area contributed by atoms with Crippen molar-refractivity contribution in [1.82, 2.24) is 4.98 Å². The van der Waals surface area contributed by atoms with E-state index in [-0.39, 0.29) is 0 Å². The molecule has 0 unspecified atom stereocenters. The molecule has 0 fully saturated rings. The van der Waals surface area contributed by atoms with Crippen molar-refractivity contribution in [3.05, 3.63) is 55.4 Å². The van der Waals surface area contributed by atoms with E-state index in [0.29, 0.717) is 18.2 Å². The number of nitro groups is 1. The molecular formula is C14H8F3N3O7. The van der Waals surface area contributed by atoms with Crippen LogP contribution in [0, 0.1) is 10.1 Å². The Morgan fingerprint density at radius 1 is 1.15 bits per heavy atom. The van der Waals surface area contributed by atoms with Gasteiger partial charge in [0.2, 0.25) is 0 Å². The van der Waals surface area contributed by atoms with Crippen LogP contribution in [0.2, 0.25) is 0 Å². The number of aromatic nitrogens is 1. The lowest BCUT2D eigenvalue weighted by Crippen LogP contribution is -2.24. The summed E-state index contributed by atoms with van der Waals surface area (Å²) in [5.41, 5.74) is -3.96. The summed E-state index contributed by atoms with van der Waals surface area (Å²) in [5, 5.41) is 29.8. The van der Waals surface area contributed by atoms with Crippen LogP contribution in [0.3, 0.4) is 0 Å². The highest BCUT2D eigenvalue weighted by atomic mass is 19.4. The smallest absolute Gasteiger partial charge is 0.423 e. The van der Waals surface area contributed by atoms with E-state index in [1.807, 2.05) is 0 Å². The van der Waals surface area contributed by atoms with E-state index in [1.165, 1.54) is 0 Å². The van der Waals surface area contributed by atoms with Gasteiger partial charge in [-0.05, 0) is 12.1 Å². The standard InChI is InChI=1S/C14H8F3N3O7/c15-14(16,17)5-3-1-2-4(9(5)20(26)27)6-7(12(22)23)10(18)19-11(21)8(6)13(24)25/h1-3H,(H,22,23)(H,24,25)(H3,18,19,21). The van der Waals surface area contributed by atoms with Gasteiger partial charge in [-0.25, -0.2) is 9.59 Å². The van der Waals surface area contributed by atoms with Crippen molar-refractivity contribution in [2.75, 3.05) is 5.73 Å². The number of nitrogens with two attached hydrogens (primary N) is 1. The predicted octanol–water partition coefficient (Wildman–Crippen LogP) is 1.95. The molecule has 0 saturated heterocycles. The summed E-state index contributed by atoms with van der Waals surface area (Å²) >= 11 is 0. The number of hydrogen-bond acceptors (Lipinski definition) is 6. The lowest BCUT2D eigenvalue weighted by atomic mass is 9.92. The highest BCUT2D eigenvalue weighted by Gasteiger charge is 2.41. The lowest BCUT2D eigenvalue weighted by Gasteiger charge is -2.15. The van der Waals surface area contributed by atoms with Gasteiger partial charge in [0.1, 0.15) is 22.5 Å². The molecule has 142 valence electrons. The van der Waals surface area contributed by atoms with Crippen molar-refractivity contribution in [2.24, 2.45) is 0 Å². The molecule has 2 rings (SSSR count). The first-order valence-corrected chi connectivity index (χ1v) is 6.75. The van der Waals surface area contributed by atoms with Gasteiger partial charge in [0.15, 0.2) is 0 Å². The number of nitrogens with one attached hydrogen (secondary N) is 1. The number of pyridine rings is 1. The molecule has 0 aliphatic carbocycles. The van der Waals surface area contributed by atoms with Crippen LogP contribution in [0.15, 0.2) is 23.0 Å². The fourth-order valence-electron chi connectivity index (χ4n) is 2.49. The molecule has 0 radical (unpaired) electrons. The Morgan fingerprint density at radius 3 is 2.15 bits per heavy atom. The second-order valence-electron chi connectivity index (χ2n) is 5.06. The molecule has 0 spiro atoms. The number of nitrogen functional groups attached to an aromatic ring is 1. The SMILES string of the molecule is Nc1[nH]c(=O)c(C(=O)O)c(-c2cccc(C(F)(F)F)c2[N+](=O)[O-])c1C(=O)O. The normalized spacial score (nSPS) is 11.2. The van der Waals surface area contributed by atoms with E-state index in [4.69, 9.17) is 5.73 Å². The predicted molar refractivity (Wildman–Crippen MR) is 82.5 cm³/mol. The van der Waals surface area contributed by atoms with E-state index >= 15 is 0 Å². The van der Waals surface area contributed by atoms with Gasteiger partial charge in [0.25, 0.3) is 11.2 Å². The van der Waals surface area contributed by atoms with Crippen molar-refractivity contribution in [3.63, 3.8) is 0 Å². The van der Waals surface area contributed by atoms with Crippen molar-refractivity contribution in [2.45, 2.75) is 6.18 Å². The summed E-state index contributed by atoms with van der Waals surface area (Å²) in [6.45, 7) is 0. The highest BCUT2D eigenvalue weighted by molar-refractivity contribution is 6.08. The molecule has 0 aliphatic heterocycles. The van der Waals surface area contributed by atoms with Crippen LogP contribution in [0.4, 0.5) is 24.7 Å². The van der Waals surface area contributed by atoms with Gasteiger partial charge in [-0.1, -0.05) is 6.07 Å². The maximum atomic E-state index is 13.2. The summed E-state index contributed by atoms with van der Waals surface area (Å²) in [6, 6.07) is 1.76. The molecule has 1 aromatic carbocycles. The van der Waals surface area contributed by atoms with E-state index < -0.39 is 67.9 Å². The second kappa shape index (κ2) is 6.44. The first-order valence-electron chi connectivity index (χ1n) is 6.75. The minimum atomic E-state index is -5.21. The third-order valence-electron chi connectivity index (χ3n) is 3.47. The maximum Gasteiger partial charge on any atom is 0.423 e. The molecule has 0 saturated carbocycles. The second-order valence-corrected chi connectivity index (χ2v) is 5.06. The van der Waals surface area contributed by atoms with Gasteiger partial charge in [-0.3, -0.25) is 14.9 Å². The zero-order valence-corrected chi connectivity index (χ0v) is 12.8. The number of halogens is 3. The number of carboxylic acids is 2. The number of alkyl halides is 3. The van der Waals surface area contributed by atoms with Gasteiger partial charge in [0.05, 0.1) is 10.5 Å². The van der Waals surface area contributed by atoms with Gasteiger partial charge in [-0.2, -0.15) is 13.2 Å². The van der Waals surface area contributed by atoms with Gasteiger partial charge >= 0.3 is 18.1 Å². The zero-order chi connectivity index (χ0) is 20.7. The number of benzene rings is 1. The molecule has 27 heavy (non-hydrogen) atoms. The van der Waals surface area contributed by atoms with Crippen LogP contribution < -0.4 is 11.3 Å². The van der Waals surface area contributed by atoms with E-state index in [1.54, 1.807) is 4.98 Å². The Labute approximate surface area is 145 Å². The minimum Gasteiger partial charge on any atom is -0.478 e. The van der Waals surface area contributed by atoms with Crippen molar-refractivity contribution < 1.29 is 37.9 Å². The quantitative estimate of drug-likeness (QED) is 0.454. The van der Waals surface area contributed by atoms with Crippen LogP contribution in [0.5, 0.6) is 0 Å². The van der Waals surface area contributed by atoms with E-state index in [2.05, 4.69) is 0 Å². The molecular weight excluding hydrogens is 379 g/mol. The number of anilines is 1. The Kier molecular flexibility index (Phi) is 4.63. The molecule has 10 nitrogen and oxygen atoms in total. The van der Waals surface area contributed by atoms with Crippen molar-refractivity contribution in [1.29, 1.82) is 0 Å². The number of carbonyl (C=O) groups is 2. The Hall–Kier alpha value is -3.90. The number of nitro benzene ring substituents is 1. The minimum absolute atomic E-state index is 0.360. The summed E-state index contributed by atoms with van der Waals surface area (Å²) in [4.78, 5) is 46.4. The topological polar surface area (TPSA) is 177 Å². The first kappa shape index (κ1) is 19.4. The Bertz CT molecular complexity index is 1040. The largest absolute Gasteiger partial charge is 0.478 e. The average Bonchev–Trinajstić information content (AvgIpc) is 2.51. The first-order chi connectivity index (χ1) is 12.4. The lowest BCUT2D eigenvalue weighted by molar-refractivity contribution is -0.387. The monoisotopic (exact) mass is 387 g/mol. The Morgan fingerprint density at radius 2 is 1.70 bits per heavy atom. The number of nitrogens with zero attached hydrogens (tertiary/aromatic N) is 1. The number of aromatic amines is 1. The van der Waals surface area contributed by atoms with Gasteiger partial charge < -0.3 is 20.9 Å². The summed E-state index contributed by atoms with van der Waals surface area (Å²) in [5.74, 6) is -4.80. The molecule has 0 aliphatic rings. The number of rotatable bonds is 4. The van der Waals surface area contributed by atoms with Crippen LogP contribution in [-0.4, -0.2) is 32.1 Å². The average molecular weight is 387 g/mol. The fourth-order valence-corrected chi connectivity index (χ4v) is 2.49. The van der Waals surface area contributed by atoms with E-state index in [9.17, 15) is 47.9 Å². The third-order valence-corrected chi connectivity index (χ3v) is 3.47. The van der Waals surface area contributed by atoms with Gasteiger partial charge in [-0.15, -0.1) is 0 Å². The number of H-pyrrole nitrogens is 1. The van der Waals surface area contributed by atoms with Gasteiger partial charge in [0, 0.05) is 5.56 Å². The maximum absolute atomic E-state index is 13.2. The number of para-hydroxylation sites is 1. The number of carboxylic acid groups (broad SMARTS) is 2. The number of hydrogen-bond donors (Lipinski definition) is 4. The van der Waals surface area contributed by atoms with Crippen molar-refractivity contribution in [3.8, 4) is 11.1 Å². The summed E-state index contributed by atoms with van der Waals surface area (Å²) < 4.78 is 39.5. The van der Waals surface area contributed by atoms with Crippen molar-refractivity contribution >= 4 is 23.4 Å².